The van der Waals surface area contributed by atoms with E-state index < -0.39 is 5.91 Å². The smallest absolute Gasteiger partial charge is 0.255 e. The van der Waals surface area contributed by atoms with Crippen molar-refractivity contribution >= 4 is 21.8 Å². The van der Waals surface area contributed by atoms with Crippen molar-refractivity contribution in [2.45, 2.75) is 4.83 Å². The van der Waals surface area contributed by atoms with E-state index in [0.717, 1.165) is 6.07 Å². The number of methoxy groups -OCH3 is 1. The van der Waals surface area contributed by atoms with Gasteiger partial charge in [-0.2, -0.15) is 0 Å². The number of carbonyl (C=O) groups excluding carboxylic acids is 1. The molecule has 0 aliphatic carbocycles. The van der Waals surface area contributed by atoms with Gasteiger partial charge in [-0.15, -0.1) is 0 Å². The zero-order valence-electron chi connectivity index (χ0n) is 9.31. The van der Waals surface area contributed by atoms with Crippen molar-refractivity contribution in [3.05, 3.63) is 23.8 Å². The van der Waals surface area contributed by atoms with Gasteiger partial charge in [0, 0.05) is 19.7 Å². The second kappa shape index (κ2) is 6.46. The average Bonchev–Trinajstić information content (AvgIpc) is 2.26. The number of hydrogen-bond donors (Lipinski definition) is 3. The van der Waals surface area contributed by atoms with Crippen molar-refractivity contribution in [1.29, 1.82) is 0 Å². The molecule has 94 valence electrons. The van der Waals surface area contributed by atoms with Crippen LogP contribution in [0.15, 0.2) is 18.2 Å². The predicted molar refractivity (Wildman–Crippen MR) is 66.7 cm³/mol. The molecule has 1 rings (SSSR count). The van der Waals surface area contributed by atoms with Crippen LogP contribution < -0.4 is 5.32 Å². The van der Waals surface area contributed by atoms with Crippen molar-refractivity contribution in [3.63, 3.8) is 0 Å². The molecule has 3 N–H and O–H groups in total. The Morgan fingerprint density at radius 3 is 2.82 bits per heavy atom. The third-order valence-corrected chi connectivity index (χ3v) is 2.65. The fourth-order valence-corrected chi connectivity index (χ4v) is 1.68. The van der Waals surface area contributed by atoms with Crippen molar-refractivity contribution in [3.8, 4) is 11.5 Å². The molecule has 1 aromatic rings. The Morgan fingerprint density at radius 1 is 1.53 bits per heavy atom. The number of carbonyl (C=O) groups is 1. The Kier molecular flexibility index (Phi) is 5.24. The first-order valence-corrected chi connectivity index (χ1v) is 5.89. The number of hydrogen-bond acceptors (Lipinski definition) is 4. The van der Waals surface area contributed by atoms with Crippen molar-refractivity contribution in [2.24, 2.45) is 0 Å². The molecule has 0 radical (unpaired) electrons. The summed E-state index contributed by atoms with van der Waals surface area (Å²) in [5, 5.41) is 21.2. The number of aromatic hydroxyl groups is 2. The van der Waals surface area contributed by atoms with Crippen LogP contribution in [-0.4, -0.2) is 41.2 Å². The number of phenols is 2. The molecular weight excluding hydrogens is 290 g/mol. The van der Waals surface area contributed by atoms with Gasteiger partial charge in [-0.05, 0) is 12.1 Å². The fourth-order valence-electron chi connectivity index (χ4n) is 1.25. The van der Waals surface area contributed by atoms with E-state index in [1.807, 2.05) is 0 Å². The molecule has 17 heavy (non-hydrogen) atoms. The van der Waals surface area contributed by atoms with E-state index in [9.17, 15) is 9.90 Å². The summed E-state index contributed by atoms with van der Waals surface area (Å²) in [6.07, 6.45) is 0. The SMILES string of the molecule is COCC(Br)CNC(=O)c1ccc(O)cc1O. The summed E-state index contributed by atoms with van der Waals surface area (Å²) in [6.45, 7) is 0.856. The average molecular weight is 304 g/mol. The van der Waals surface area contributed by atoms with Gasteiger partial charge < -0.3 is 20.3 Å². The molecule has 1 amide bonds. The fraction of sp³-hybridized carbons (Fsp3) is 0.364. The maximum atomic E-state index is 11.7. The van der Waals surface area contributed by atoms with Crippen LogP contribution in [0.1, 0.15) is 10.4 Å². The Morgan fingerprint density at radius 2 is 2.24 bits per heavy atom. The van der Waals surface area contributed by atoms with Crippen LogP contribution in [0.25, 0.3) is 0 Å². The minimum atomic E-state index is -0.400. The van der Waals surface area contributed by atoms with Crippen LogP contribution >= 0.6 is 15.9 Å². The maximum Gasteiger partial charge on any atom is 0.255 e. The highest BCUT2D eigenvalue weighted by atomic mass is 79.9. The molecule has 1 unspecified atom stereocenters. The number of halogens is 1. The first-order chi connectivity index (χ1) is 8.04. The van der Waals surface area contributed by atoms with Crippen molar-refractivity contribution < 1.29 is 19.7 Å². The number of rotatable bonds is 5. The summed E-state index contributed by atoms with van der Waals surface area (Å²) in [7, 11) is 1.57. The molecule has 6 heteroatoms. The normalized spacial score (nSPS) is 12.1. The predicted octanol–water partition coefficient (Wildman–Crippen LogP) is 1.24. The van der Waals surface area contributed by atoms with Gasteiger partial charge in [-0.3, -0.25) is 4.79 Å². The van der Waals surface area contributed by atoms with Crippen LogP contribution in [0.3, 0.4) is 0 Å². The van der Waals surface area contributed by atoms with E-state index in [1.165, 1.54) is 12.1 Å². The van der Waals surface area contributed by atoms with Gasteiger partial charge in [-0.1, -0.05) is 15.9 Å². The number of amides is 1. The number of nitrogens with one attached hydrogen (secondary N) is 1. The Bertz CT molecular complexity index is 397. The van der Waals surface area contributed by atoms with Crippen molar-refractivity contribution in [2.75, 3.05) is 20.3 Å². The molecule has 0 aliphatic rings. The quantitative estimate of drug-likeness (QED) is 0.715. The molecule has 0 aliphatic heterocycles. The van der Waals surface area contributed by atoms with Crippen LogP contribution in [0.5, 0.6) is 11.5 Å². The van der Waals surface area contributed by atoms with Gasteiger partial charge in [0.05, 0.1) is 17.0 Å². The molecule has 1 atom stereocenters. The minimum absolute atomic E-state index is 0.00991. The first-order valence-electron chi connectivity index (χ1n) is 4.97. The number of benzene rings is 1. The largest absolute Gasteiger partial charge is 0.508 e. The van der Waals surface area contributed by atoms with Crippen LogP contribution in [-0.2, 0) is 4.74 Å². The molecule has 0 aromatic heterocycles. The van der Waals surface area contributed by atoms with Gasteiger partial charge in [-0.25, -0.2) is 0 Å². The summed E-state index contributed by atoms with van der Waals surface area (Å²) >= 11 is 3.33. The standard InChI is InChI=1S/C11H14BrNO4/c1-17-6-7(12)5-13-11(16)9-3-2-8(14)4-10(9)15/h2-4,7,14-15H,5-6H2,1H3,(H,13,16). The summed E-state index contributed by atoms with van der Waals surface area (Å²) < 4.78 is 4.90. The Balaban J connectivity index is 2.58. The van der Waals surface area contributed by atoms with Gasteiger partial charge in [0.2, 0.25) is 0 Å². The van der Waals surface area contributed by atoms with Crippen LogP contribution in [0.4, 0.5) is 0 Å². The van der Waals surface area contributed by atoms with E-state index in [-0.39, 0.29) is 21.9 Å². The van der Waals surface area contributed by atoms with E-state index in [4.69, 9.17) is 9.84 Å². The topological polar surface area (TPSA) is 78.8 Å². The van der Waals surface area contributed by atoms with E-state index in [1.54, 1.807) is 7.11 Å². The molecule has 0 bridgehead atoms. The van der Waals surface area contributed by atoms with Gasteiger partial charge >= 0.3 is 0 Å². The van der Waals surface area contributed by atoms with Gasteiger partial charge in [0.25, 0.3) is 5.91 Å². The van der Waals surface area contributed by atoms with E-state index >= 15 is 0 Å². The van der Waals surface area contributed by atoms with Gasteiger partial charge in [0.1, 0.15) is 11.5 Å². The monoisotopic (exact) mass is 303 g/mol. The lowest BCUT2D eigenvalue weighted by molar-refractivity contribution is 0.0947. The lowest BCUT2D eigenvalue weighted by Crippen LogP contribution is -2.31. The van der Waals surface area contributed by atoms with E-state index in [2.05, 4.69) is 21.2 Å². The maximum absolute atomic E-state index is 11.7. The van der Waals surface area contributed by atoms with Gasteiger partial charge in [0.15, 0.2) is 0 Å². The molecule has 0 heterocycles. The highest BCUT2D eigenvalue weighted by Crippen LogP contribution is 2.22. The first kappa shape index (κ1) is 13.8. The number of alkyl halides is 1. The molecular formula is C11H14BrNO4. The molecule has 0 saturated carbocycles. The van der Waals surface area contributed by atoms with Crippen LogP contribution in [0.2, 0.25) is 0 Å². The zero-order chi connectivity index (χ0) is 12.8. The Labute approximate surface area is 108 Å². The summed E-state index contributed by atoms with van der Waals surface area (Å²) in [5.74, 6) is -0.736. The number of ether oxygens (including phenoxy) is 1. The van der Waals surface area contributed by atoms with Crippen LogP contribution in [0, 0.1) is 0 Å². The number of phenolic OH excluding ortho intramolecular Hbond substituents is 2. The summed E-state index contributed by atoms with van der Waals surface area (Å²) in [6, 6.07) is 3.82. The second-order valence-corrected chi connectivity index (χ2v) is 4.76. The third-order valence-electron chi connectivity index (χ3n) is 2.06. The summed E-state index contributed by atoms with van der Waals surface area (Å²) in [4.78, 5) is 11.7. The molecule has 0 fully saturated rings. The highest BCUT2D eigenvalue weighted by Gasteiger charge is 2.12. The molecule has 0 spiro atoms. The molecule has 0 saturated heterocycles. The lowest BCUT2D eigenvalue weighted by atomic mass is 10.2. The molecule has 1 aromatic carbocycles. The second-order valence-electron chi connectivity index (χ2n) is 3.46. The Hall–Kier alpha value is -1.27. The lowest BCUT2D eigenvalue weighted by Gasteiger charge is -2.10. The minimum Gasteiger partial charge on any atom is -0.508 e. The van der Waals surface area contributed by atoms with E-state index in [0.29, 0.717) is 13.2 Å². The summed E-state index contributed by atoms with van der Waals surface area (Å²) in [5.41, 5.74) is 0.125. The third kappa shape index (κ3) is 4.24. The van der Waals surface area contributed by atoms with Crippen molar-refractivity contribution in [1.82, 2.24) is 5.32 Å². The highest BCUT2D eigenvalue weighted by molar-refractivity contribution is 9.09. The zero-order valence-corrected chi connectivity index (χ0v) is 10.9. The molecule has 5 nitrogen and oxygen atoms in total.